The van der Waals surface area contributed by atoms with Crippen molar-refractivity contribution in [2.24, 2.45) is 5.92 Å². The number of nitrogens with zero attached hydrogens (tertiary/aromatic N) is 1. The molecule has 0 spiro atoms. The van der Waals surface area contributed by atoms with Gasteiger partial charge in [0.05, 0.1) is 5.02 Å². The molecule has 20 heavy (non-hydrogen) atoms. The Hall–Kier alpha value is -1.49. The number of carboxylic acids is 1. The maximum absolute atomic E-state index is 12.6. The fourth-order valence-electron chi connectivity index (χ4n) is 3.60. The first-order valence-corrected chi connectivity index (χ1v) is 7.35. The minimum absolute atomic E-state index is 0.0550. The summed E-state index contributed by atoms with van der Waals surface area (Å²) in [4.78, 5) is 28.5. The van der Waals surface area contributed by atoms with Gasteiger partial charge in [0.1, 0.15) is 11.7 Å². The van der Waals surface area contributed by atoms with Crippen LogP contribution in [-0.2, 0) is 4.79 Å². The summed E-state index contributed by atoms with van der Waals surface area (Å²) in [5.41, 5.74) is 0.368. The molecule has 0 aromatic carbocycles. The van der Waals surface area contributed by atoms with E-state index in [-0.39, 0.29) is 11.9 Å². The van der Waals surface area contributed by atoms with Crippen molar-refractivity contribution in [3.63, 3.8) is 0 Å². The third-order valence-corrected chi connectivity index (χ3v) is 4.70. The molecule has 2 N–H and O–H groups in total. The van der Waals surface area contributed by atoms with E-state index in [0.717, 1.165) is 25.7 Å². The van der Waals surface area contributed by atoms with Crippen LogP contribution in [0.3, 0.4) is 0 Å². The number of amides is 1. The summed E-state index contributed by atoms with van der Waals surface area (Å²) in [6.45, 7) is 0. The van der Waals surface area contributed by atoms with E-state index in [1.807, 2.05) is 0 Å². The molecule has 2 heterocycles. The SMILES string of the molecule is O=C(O)C1CC2CCCCC2N1C(=O)c1cc(Cl)c[nH]1. The highest BCUT2D eigenvalue weighted by Crippen LogP contribution is 2.40. The van der Waals surface area contributed by atoms with Gasteiger partial charge in [0.25, 0.3) is 5.91 Å². The van der Waals surface area contributed by atoms with Crippen LogP contribution in [0.25, 0.3) is 0 Å². The van der Waals surface area contributed by atoms with Crippen LogP contribution < -0.4 is 0 Å². The van der Waals surface area contributed by atoms with E-state index < -0.39 is 12.0 Å². The van der Waals surface area contributed by atoms with Gasteiger partial charge in [0, 0.05) is 12.2 Å². The van der Waals surface area contributed by atoms with E-state index in [4.69, 9.17) is 11.6 Å². The first kappa shape index (κ1) is 13.5. The van der Waals surface area contributed by atoms with Crippen LogP contribution in [0.5, 0.6) is 0 Å². The predicted molar refractivity (Wildman–Crippen MR) is 73.8 cm³/mol. The van der Waals surface area contributed by atoms with Gasteiger partial charge in [0.2, 0.25) is 0 Å². The second kappa shape index (κ2) is 5.13. The van der Waals surface area contributed by atoms with E-state index in [0.29, 0.717) is 23.1 Å². The van der Waals surface area contributed by atoms with Crippen molar-refractivity contribution < 1.29 is 14.7 Å². The highest BCUT2D eigenvalue weighted by Gasteiger charge is 2.47. The maximum atomic E-state index is 12.6. The molecule has 2 fully saturated rings. The Morgan fingerprint density at radius 2 is 2.10 bits per heavy atom. The lowest BCUT2D eigenvalue weighted by atomic mass is 9.84. The third-order valence-electron chi connectivity index (χ3n) is 4.49. The lowest BCUT2D eigenvalue weighted by Gasteiger charge is -2.32. The molecule has 3 rings (SSSR count). The zero-order valence-electron chi connectivity index (χ0n) is 11.0. The average molecular weight is 297 g/mol. The molecule has 0 bridgehead atoms. The Balaban J connectivity index is 1.90. The molecule has 0 radical (unpaired) electrons. The molecule has 1 aliphatic carbocycles. The highest BCUT2D eigenvalue weighted by atomic mass is 35.5. The van der Waals surface area contributed by atoms with Crippen LogP contribution in [0.1, 0.15) is 42.6 Å². The van der Waals surface area contributed by atoms with Gasteiger partial charge in [-0.1, -0.05) is 24.4 Å². The number of rotatable bonds is 2. The topological polar surface area (TPSA) is 73.4 Å². The van der Waals surface area contributed by atoms with Crippen LogP contribution in [-0.4, -0.2) is 39.0 Å². The molecule has 108 valence electrons. The summed E-state index contributed by atoms with van der Waals surface area (Å²) < 4.78 is 0. The fraction of sp³-hybridized carbons (Fsp3) is 0.571. The number of fused-ring (bicyclic) bond motifs is 1. The summed E-state index contributed by atoms with van der Waals surface area (Å²) in [6.07, 6.45) is 6.21. The first-order chi connectivity index (χ1) is 9.58. The third kappa shape index (κ3) is 2.20. The Morgan fingerprint density at radius 3 is 2.75 bits per heavy atom. The number of likely N-dealkylation sites (tertiary alicyclic amines) is 1. The number of carboxylic acid groups (broad SMARTS) is 1. The number of hydrogen-bond donors (Lipinski definition) is 2. The predicted octanol–water partition coefficient (Wildman–Crippen LogP) is 2.53. The summed E-state index contributed by atoms with van der Waals surface area (Å²) in [7, 11) is 0. The van der Waals surface area contributed by atoms with Gasteiger partial charge in [0.15, 0.2) is 0 Å². The molecule has 1 aromatic rings. The fourth-order valence-corrected chi connectivity index (χ4v) is 3.77. The molecule has 1 aromatic heterocycles. The van der Waals surface area contributed by atoms with Gasteiger partial charge in [-0.3, -0.25) is 4.79 Å². The quantitative estimate of drug-likeness (QED) is 0.881. The van der Waals surface area contributed by atoms with E-state index in [9.17, 15) is 14.7 Å². The van der Waals surface area contributed by atoms with Gasteiger partial charge >= 0.3 is 5.97 Å². The number of nitrogens with one attached hydrogen (secondary N) is 1. The second-order valence-electron chi connectivity index (χ2n) is 5.65. The number of halogens is 1. The minimum Gasteiger partial charge on any atom is -0.480 e. The molecule has 2 aliphatic rings. The molecule has 3 unspecified atom stereocenters. The van der Waals surface area contributed by atoms with E-state index in [1.54, 1.807) is 17.2 Å². The number of aromatic amines is 1. The molecule has 1 aliphatic heterocycles. The first-order valence-electron chi connectivity index (χ1n) is 6.97. The van der Waals surface area contributed by atoms with Crippen molar-refractivity contribution in [3.05, 3.63) is 23.0 Å². The lowest BCUT2D eigenvalue weighted by molar-refractivity contribution is -0.141. The number of aliphatic carboxylic acids is 1. The Morgan fingerprint density at radius 1 is 1.35 bits per heavy atom. The van der Waals surface area contributed by atoms with Gasteiger partial charge in [-0.2, -0.15) is 0 Å². The van der Waals surface area contributed by atoms with E-state index in [2.05, 4.69) is 4.98 Å². The Labute approximate surface area is 121 Å². The standard InChI is InChI=1S/C14H17ClN2O3/c15-9-6-10(16-7-9)13(18)17-11-4-2-1-3-8(11)5-12(17)14(19)20/h6-8,11-12,16H,1-5H2,(H,19,20). The lowest BCUT2D eigenvalue weighted by Crippen LogP contribution is -2.46. The molecule has 6 heteroatoms. The maximum Gasteiger partial charge on any atom is 0.326 e. The summed E-state index contributed by atoms with van der Waals surface area (Å²) in [6, 6.07) is 0.899. The van der Waals surface area contributed by atoms with Crippen molar-refractivity contribution in [2.45, 2.75) is 44.2 Å². The van der Waals surface area contributed by atoms with Gasteiger partial charge < -0.3 is 15.0 Å². The summed E-state index contributed by atoms with van der Waals surface area (Å²) >= 11 is 5.83. The molecule has 5 nitrogen and oxygen atoms in total. The number of carbonyl (C=O) groups is 2. The van der Waals surface area contributed by atoms with Gasteiger partial charge in [-0.05, 0) is 31.2 Å². The van der Waals surface area contributed by atoms with E-state index >= 15 is 0 Å². The van der Waals surface area contributed by atoms with Gasteiger partial charge in [-0.25, -0.2) is 4.79 Å². The number of H-pyrrole nitrogens is 1. The van der Waals surface area contributed by atoms with Crippen molar-refractivity contribution >= 4 is 23.5 Å². The molecule has 1 amide bonds. The number of carbonyl (C=O) groups excluding carboxylic acids is 1. The number of hydrogen-bond acceptors (Lipinski definition) is 2. The number of aromatic nitrogens is 1. The second-order valence-corrected chi connectivity index (χ2v) is 6.08. The molecule has 3 atom stereocenters. The van der Waals surface area contributed by atoms with Gasteiger partial charge in [-0.15, -0.1) is 0 Å². The van der Waals surface area contributed by atoms with Crippen LogP contribution in [0.15, 0.2) is 12.3 Å². The zero-order valence-corrected chi connectivity index (χ0v) is 11.8. The molecule has 1 saturated carbocycles. The zero-order chi connectivity index (χ0) is 14.3. The van der Waals surface area contributed by atoms with Crippen molar-refractivity contribution in [1.82, 2.24) is 9.88 Å². The van der Waals surface area contributed by atoms with Crippen molar-refractivity contribution in [1.29, 1.82) is 0 Å². The summed E-state index contributed by atoms with van der Waals surface area (Å²) in [5, 5.41) is 9.86. The Bertz CT molecular complexity index is 542. The monoisotopic (exact) mass is 296 g/mol. The smallest absolute Gasteiger partial charge is 0.326 e. The molecular weight excluding hydrogens is 280 g/mol. The molecular formula is C14H17ClN2O3. The average Bonchev–Trinajstić information content (AvgIpc) is 3.01. The van der Waals surface area contributed by atoms with Crippen LogP contribution in [0.4, 0.5) is 0 Å². The van der Waals surface area contributed by atoms with Crippen molar-refractivity contribution in [2.75, 3.05) is 0 Å². The minimum atomic E-state index is -0.912. The Kier molecular flexibility index (Phi) is 3.46. The van der Waals surface area contributed by atoms with E-state index in [1.165, 1.54) is 0 Å². The highest BCUT2D eigenvalue weighted by molar-refractivity contribution is 6.31. The largest absolute Gasteiger partial charge is 0.480 e. The van der Waals surface area contributed by atoms with Crippen LogP contribution in [0.2, 0.25) is 5.02 Å². The molecule has 1 saturated heterocycles. The van der Waals surface area contributed by atoms with Crippen LogP contribution >= 0.6 is 11.6 Å². The normalized spacial score (nSPS) is 29.2. The van der Waals surface area contributed by atoms with Crippen molar-refractivity contribution in [3.8, 4) is 0 Å². The van der Waals surface area contributed by atoms with Crippen LogP contribution in [0, 0.1) is 5.92 Å². The summed E-state index contributed by atoms with van der Waals surface area (Å²) in [5.74, 6) is -0.844.